The predicted molar refractivity (Wildman–Crippen MR) is 109 cm³/mol. The Hall–Kier alpha value is -2.86. The van der Waals surface area contributed by atoms with Crippen molar-refractivity contribution in [2.45, 2.75) is 38.3 Å². The Morgan fingerprint density at radius 2 is 2.04 bits per heavy atom. The van der Waals surface area contributed by atoms with E-state index in [-0.39, 0.29) is 24.3 Å². The van der Waals surface area contributed by atoms with E-state index in [4.69, 9.17) is 11.6 Å². The smallest absolute Gasteiger partial charge is 0.253 e. The first-order valence-corrected chi connectivity index (χ1v) is 9.77. The van der Waals surface area contributed by atoms with Crippen molar-refractivity contribution in [2.24, 2.45) is 0 Å². The maximum absolute atomic E-state index is 13.1. The van der Waals surface area contributed by atoms with Gasteiger partial charge in [-0.2, -0.15) is 0 Å². The lowest BCUT2D eigenvalue weighted by molar-refractivity contribution is -0.124. The second-order valence-electron chi connectivity index (χ2n) is 7.44. The van der Waals surface area contributed by atoms with Crippen LogP contribution < -0.4 is 10.2 Å². The fraction of sp³-hybridized carbons (Fsp3) is 0.286. The van der Waals surface area contributed by atoms with Gasteiger partial charge in [0.05, 0.1) is 17.5 Å². The number of carbonyl (C=O) groups is 2. The Bertz CT molecular complexity index is 1120. The van der Waals surface area contributed by atoms with Crippen molar-refractivity contribution in [3.63, 3.8) is 0 Å². The molecule has 0 radical (unpaired) electrons. The number of hydrogen-bond acceptors (Lipinski definition) is 3. The number of carbonyl (C=O) groups excluding carboxylic acids is 2. The number of hydrogen-bond donors (Lipinski definition) is 1. The largest absolute Gasteiger partial charge is 0.326 e. The van der Waals surface area contributed by atoms with Crippen molar-refractivity contribution in [3.8, 4) is 0 Å². The second kappa shape index (κ2) is 6.34. The van der Waals surface area contributed by atoms with E-state index in [0.717, 1.165) is 29.4 Å². The Labute approximate surface area is 167 Å². The fourth-order valence-electron chi connectivity index (χ4n) is 3.84. The molecule has 7 heteroatoms. The minimum atomic E-state index is -0.581. The molecule has 1 aliphatic carbocycles. The van der Waals surface area contributed by atoms with Gasteiger partial charge in [-0.05, 0) is 49.6 Å². The van der Waals surface area contributed by atoms with Crippen LogP contribution in [0.15, 0.2) is 42.5 Å². The first-order valence-electron chi connectivity index (χ1n) is 9.39. The third-order valence-electron chi connectivity index (χ3n) is 5.39. The minimum absolute atomic E-state index is 0.0475. The Kier molecular flexibility index (Phi) is 3.91. The monoisotopic (exact) mass is 394 g/mol. The van der Waals surface area contributed by atoms with Crippen LogP contribution in [0, 0.1) is 6.92 Å². The quantitative estimate of drug-likeness (QED) is 0.725. The highest BCUT2D eigenvalue weighted by atomic mass is 35.5. The van der Waals surface area contributed by atoms with Gasteiger partial charge in [0.25, 0.3) is 5.91 Å². The van der Waals surface area contributed by atoms with Crippen LogP contribution in [0.5, 0.6) is 0 Å². The number of fused-ring (bicyclic) bond motifs is 3. The van der Waals surface area contributed by atoms with Crippen molar-refractivity contribution >= 4 is 46.1 Å². The Balaban J connectivity index is 1.47. The summed E-state index contributed by atoms with van der Waals surface area (Å²) in [5.74, 6) is 0.393. The zero-order valence-electron chi connectivity index (χ0n) is 15.4. The van der Waals surface area contributed by atoms with E-state index < -0.39 is 6.04 Å². The average molecular weight is 395 g/mol. The summed E-state index contributed by atoms with van der Waals surface area (Å²) >= 11 is 6.05. The zero-order valence-corrected chi connectivity index (χ0v) is 16.1. The summed E-state index contributed by atoms with van der Waals surface area (Å²) in [7, 11) is 0. The van der Waals surface area contributed by atoms with Crippen LogP contribution in [0.4, 0.5) is 11.6 Å². The van der Waals surface area contributed by atoms with Gasteiger partial charge in [-0.25, -0.2) is 4.98 Å². The topological polar surface area (TPSA) is 67.2 Å². The molecule has 1 aromatic heterocycles. The first kappa shape index (κ1) is 17.3. The number of rotatable bonds is 4. The van der Waals surface area contributed by atoms with Crippen molar-refractivity contribution in [2.75, 3.05) is 10.2 Å². The van der Waals surface area contributed by atoms with E-state index in [1.165, 1.54) is 0 Å². The van der Waals surface area contributed by atoms with E-state index in [2.05, 4.69) is 10.3 Å². The molecular formula is C21H19ClN4O2. The molecule has 1 unspecified atom stereocenters. The molecule has 6 nitrogen and oxygen atoms in total. The summed E-state index contributed by atoms with van der Waals surface area (Å²) < 4.78 is 1.92. The summed E-state index contributed by atoms with van der Waals surface area (Å²) in [5.41, 5.74) is 3.30. The van der Waals surface area contributed by atoms with Crippen molar-refractivity contribution < 1.29 is 9.59 Å². The van der Waals surface area contributed by atoms with E-state index in [0.29, 0.717) is 16.7 Å². The van der Waals surface area contributed by atoms with Gasteiger partial charge in [-0.1, -0.05) is 29.8 Å². The maximum atomic E-state index is 13.1. The van der Waals surface area contributed by atoms with Crippen molar-refractivity contribution in [1.29, 1.82) is 0 Å². The molecule has 1 N–H and O–H groups in total. The third kappa shape index (κ3) is 2.76. The lowest BCUT2D eigenvalue weighted by Gasteiger charge is -2.15. The van der Waals surface area contributed by atoms with E-state index in [1.54, 1.807) is 17.0 Å². The van der Waals surface area contributed by atoms with Crippen molar-refractivity contribution in [3.05, 3.63) is 53.1 Å². The van der Waals surface area contributed by atoms with Crippen LogP contribution in [0.25, 0.3) is 11.0 Å². The van der Waals surface area contributed by atoms with E-state index >= 15 is 0 Å². The number of imidazole rings is 1. The van der Waals surface area contributed by atoms with Crippen LogP contribution in [0.2, 0.25) is 5.02 Å². The van der Waals surface area contributed by atoms with Crippen LogP contribution in [0.1, 0.15) is 30.9 Å². The van der Waals surface area contributed by atoms with Gasteiger partial charge in [0.2, 0.25) is 11.9 Å². The molecule has 0 bridgehead atoms. The molecule has 2 aliphatic rings. The highest BCUT2D eigenvalue weighted by molar-refractivity contribution is 6.31. The predicted octanol–water partition coefficient (Wildman–Crippen LogP) is 4.08. The molecule has 2 amide bonds. The summed E-state index contributed by atoms with van der Waals surface area (Å²) in [4.78, 5) is 32.4. The van der Waals surface area contributed by atoms with Gasteiger partial charge < -0.3 is 5.32 Å². The average Bonchev–Trinajstić information content (AvgIpc) is 3.37. The van der Waals surface area contributed by atoms with Crippen LogP contribution in [-0.4, -0.2) is 27.4 Å². The van der Waals surface area contributed by atoms with Gasteiger partial charge in [-0.15, -0.1) is 0 Å². The molecule has 3 aromatic rings. The van der Waals surface area contributed by atoms with Gasteiger partial charge in [0, 0.05) is 16.8 Å². The van der Waals surface area contributed by atoms with Crippen LogP contribution in [0.3, 0.4) is 0 Å². The molecule has 0 spiro atoms. The molecule has 142 valence electrons. The number of aromatic nitrogens is 2. The van der Waals surface area contributed by atoms with Gasteiger partial charge in [-0.3, -0.25) is 19.1 Å². The molecule has 0 saturated heterocycles. The highest BCUT2D eigenvalue weighted by Crippen LogP contribution is 2.42. The molecule has 2 aromatic carbocycles. The molecule has 1 saturated carbocycles. The summed E-state index contributed by atoms with van der Waals surface area (Å²) in [5, 5.41) is 3.46. The van der Waals surface area contributed by atoms with E-state index in [1.807, 2.05) is 41.8 Å². The number of amides is 2. The van der Waals surface area contributed by atoms with Gasteiger partial charge in [0.1, 0.15) is 6.04 Å². The number of halogens is 1. The molecule has 2 heterocycles. The standard InChI is InChI=1S/C21H19ClN4O2/c1-12-6-7-13(22)10-16(12)23-19(27)11-18-20(28)25(14-8-9-14)21-24-15-4-2-3-5-17(15)26(18)21/h2-7,10,14,18H,8-9,11H2,1H3,(H,23,27). The number of aryl methyl sites for hydroxylation is 1. The number of benzene rings is 2. The van der Waals surface area contributed by atoms with E-state index in [9.17, 15) is 9.59 Å². The lowest BCUT2D eigenvalue weighted by atomic mass is 10.1. The van der Waals surface area contributed by atoms with Gasteiger partial charge >= 0.3 is 0 Å². The minimum Gasteiger partial charge on any atom is -0.326 e. The lowest BCUT2D eigenvalue weighted by Crippen LogP contribution is -2.33. The van der Waals surface area contributed by atoms with Gasteiger partial charge in [0.15, 0.2) is 0 Å². The molecule has 28 heavy (non-hydrogen) atoms. The molecule has 1 fully saturated rings. The zero-order chi connectivity index (χ0) is 19.4. The highest BCUT2D eigenvalue weighted by Gasteiger charge is 2.47. The Morgan fingerprint density at radius 3 is 2.82 bits per heavy atom. The second-order valence-corrected chi connectivity index (χ2v) is 7.87. The normalized spacial score (nSPS) is 18.6. The number of nitrogens with zero attached hydrogens (tertiary/aromatic N) is 3. The van der Waals surface area contributed by atoms with Crippen LogP contribution in [-0.2, 0) is 9.59 Å². The summed E-state index contributed by atoms with van der Waals surface area (Å²) in [6, 6.07) is 12.7. The fourth-order valence-corrected chi connectivity index (χ4v) is 4.01. The number of para-hydroxylation sites is 2. The number of anilines is 2. The summed E-state index contributed by atoms with van der Waals surface area (Å²) in [6.45, 7) is 1.91. The maximum Gasteiger partial charge on any atom is 0.253 e. The SMILES string of the molecule is Cc1ccc(Cl)cc1NC(=O)CC1C(=O)N(C2CC2)c2nc3ccccc3n21. The van der Waals surface area contributed by atoms with Crippen LogP contribution >= 0.6 is 11.6 Å². The molecule has 1 aliphatic heterocycles. The summed E-state index contributed by atoms with van der Waals surface area (Å²) in [6.07, 6.45) is 2.02. The molecule has 1 atom stereocenters. The van der Waals surface area contributed by atoms with Crippen molar-refractivity contribution in [1.82, 2.24) is 9.55 Å². The first-order chi connectivity index (χ1) is 13.5. The molecule has 5 rings (SSSR count). The third-order valence-corrected chi connectivity index (χ3v) is 5.63. The molecular weight excluding hydrogens is 376 g/mol. The number of nitrogens with one attached hydrogen (secondary N) is 1. The Morgan fingerprint density at radius 1 is 1.25 bits per heavy atom.